The minimum atomic E-state index is -0.737. The van der Waals surface area contributed by atoms with Crippen molar-refractivity contribution in [1.82, 2.24) is 9.88 Å². The number of aromatic amines is 1. The van der Waals surface area contributed by atoms with E-state index in [2.05, 4.69) is 9.72 Å². The zero-order valence-electron chi connectivity index (χ0n) is 11.3. The highest BCUT2D eigenvalue weighted by Gasteiger charge is 2.32. The third-order valence-corrected chi connectivity index (χ3v) is 2.85. The zero-order valence-corrected chi connectivity index (χ0v) is 11.3. The lowest BCUT2D eigenvalue weighted by atomic mass is 9.94. The molecule has 5 nitrogen and oxygen atoms in total. The predicted octanol–water partition coefficient (Wildman–Crippen LogP) is 1.42. The molecule has 1 amide bonds. The molecule has 1 heterocycles. The minimum absolute atomic E-state index is 0.0846. The fourth-order valence-corrected chi connectivity index (χ4v) is 1.83. The second-order valence-corrected chi connectivity index (χ2v) is 4.66. The van der Waals surface area contributed by atoms with E-state index < -0.39 is 11.9 Å². The zero-order chi connectivity index (χ0) is 13.7. The fraction of sp³-hybridized carbons (Fsp3) is 0.538. The predicted molar refractivity (Wildman–Crippen MR) is 67.6 cm³/mol. The number of hydrogen-bond donors (Lipinski definition) is 1. The first-order chi connectivity index (χ1) is 8.47. The lowest BCUT2D eigenvalue weighted by Crippen LogP contribution is -2.39. The SMILES string of the molecule is COC(=O)C(C(=O)N(C)Cc1cc[nH]c1)C(C)C. The van der Waals surface area contributed by atoms with E-state index in [-0.39, 0.29) is 11.8 Å². The van der Waals surface area contributed by atoms with Gasteiger partial charge in [0.2, 0.25) is 5.91 Å². The van der Waals surface area contributed by atoms with Crippen molar-refractivity contribution in [3.8, 4) is 0 Å². The van der Waals surface area contributed by atoms with Gasteiger partial charge in [-0.05, 0) is 17.5 Å². The van der Waals surface area contributed by atoms with Crippen LogP contribution in [-0.4, -0.2) is 35.9 Å². The second-order valence-electron chi connectivity index (χ2n) is 4.66. The molecule has 100 valence electrons. The summed E-state index contributed by atoms with van der Waals surface area (Å²) in [5.41, 5.74) is 0.998. The highest BCUT2D eigenvalue weighted by Crippen LogP contribution is 2.16. The first kappa shape index (κ1) is 14.3. The van der Waals surface area contributed by atoms with Gasteiger partial charge in [0.05, 0.1) is 7.11 Å². The Balaban J connectivity index is 2.73. The van der Waals surface area contributed by atoms with Crippen molar-refractivity contribution in [2.24, 2.45) is 11.8 Å². The van der Waals surface area contributed by atoms with E-state index in [4.69, 9.17) is 0 Å². The van der Waals surface area contributed by atoms with E-state index in [1.807, 2.05) is 26.1 Å². The molecule has 0 radical (unpaired) electrons. The van der Waals surface area contributed by atoms with Crippen molar-refractivity contribution in [2.45, 2.75) is 20.4 Å². The maximum absolute atomic E-state index is 12.2. The summed E-state index contributed by atoms with van der Waals surface area (Å²) in [4.78, 5) is 28.3. The highest BCUT2D eigenvalue weighted by atomic mass is 16.5. The summed E-state index contributed by atoms with van der Waals surface area (Å²) in [6, 6.07) is 1.90. The maximum atomic E-state index is 12.2. The molecule has 1 atom stereocenters. The van der Waals surface area contributed by atoms with E-state index in [0.717, 1.165) is 5.56 Å². The van der Waals surface area contributed by atoms with Crippen LogP contribution in [0.2, 0.25) is 0 Å². The van der Waals surface area contributed by atoms with Gasteiger partial charge < -0.3 is 14.6 Å². The Morgan fingerprint density at radius 2 is 2.11 bits per heavy atom. The first-order valence-electron chi connectivity index (χ1n) is 5.91. The third-order valence-electron chi connectivity index (χ3n) is 2.85. The number of rotatable bonds is 5. The maximum Gasteiger partial charge on any atom is 0.318 e. The molecule has 1 aromatic heterocycles. The number of ether oxygens (including phenoxy) is 1. The molecule has 0 bridgehead atoms. The summed E-state index contributed by atoms with van der Waals surface area (Å²) in [6.07, 6.45) is 3.63. The summed E-state index contributed by atoms with van der Waals surface area (Å²) in [6.45, 7) is 4.15. The van der Waals surface area contributed by atoms with Crippen LogP contribution in [0.15, 0.2) is 18.5 Å². The number of nitrogens with zero attached hydrogens (tertiary/aromatic N) is 1. The molecule has 1 rings (SSSR count). The van der Waals surface area contributed by atoms with E-state index in [0.29, 0.717) is 6.54 Å². The largest absolute Gasteiger partial charge is 0.468 e. The van der Waals surface area contributed by atoms with Crippen molar-refractivity contribution in [3.05, 3.63) is 24.0 Å². The van der Waals surface area contributed by atoms with Crippen molar-refractivity contribution in [2.75, 3.05) is 14.2 Å². The highest BCUT2D eigenvalue weighted by molar-refractivity contribution is 5.97. The number of carbonyl (C=O) groups excluding carboxylic acids is 2. The molecule has 0 spiro atoms. The number of nitrogens with one attached hydrogen (secondary N) is 1. The molecule has 0 aliphatic heterocycles. The van der Waals surface area contributed by atoms with Gasteiger partial charge in [-0.1, -0.05) is 13.8 Å². The number of esters is 1. The van der Waals surface area contributed by atoms with Crippen LogP contribution in [0.25, 0.3) is 0 Å². The van der Waals surface area contributed by atoms with E-state index in [1.165, 1.54) is 7.11 Å². The molecule has 0 aliphatic rings. The van der Waals surface area contributed by atoms with E-state index in [1.54, 1.807) is 18.1 Å². The summed E-state index contributed by atoms with van der Waals surface area (Å²) >= 11 is 0. The number of H-pyrrole nitrogens is 1. The van der Waals surface area contributed by atoms with Gasteiger partial charge in [0.25, 0.3) is 0 Å². The van der Waals surface area contributed by atoms with Gasteiger partial charge in [-0.2, -0.15) is 0 Å². The van der Waals surface area contributed by atoms with Crippen LogP contribution in [0.1, 0.15) is 19.4 Å². The van der Waals surface area contributed by atoms with Crippen molar-refractivity contribution >= 4 is 11.9 Å². The Labute approximate surface area is 107 Å². The van der Waals surface area contributed by atoms with Gasteiger partial charge in [0, 0.05) is 26.0 Å². The third kappa shape index (κ3) is 3.35. The first-order valence-corrected chi connectivity index (χ1v) is 5.91. The van der Waals surface area contributed by atoms with Crippen molar-refractivity contribution in [3.63, 3.8) is 0 Å². The minimum Gasteiger partial charge on any atom is -0.468 e. The monoisotopic (exact) mass is 252 g/mol. The molecule has 0 aliphatic carbocycles. The van der Waals surface area contributed by atoms with Gasteiger partial charge >= 0.3 is 5.97 Å². The summed E-state index contributed by atoms with van der Waals surface area (Å²) in [5.74, 6) is -1.51. The summed E-state index contributed by atoms with van der Waals surface area (Å²) < 4.78 is 4.69. The molecule has 1 unspecified atom stereocenters. The number of aromatic nitrogens is 1. The molecule has 0 saturated heterocycles. The lowest BCUT2D eigenvalue weighted by molar-refractivity contribution is -0.155. The standard InChI is InChI=1S/C13H20N2O3/c1-9(2)11(13(17)18-4)12(16)15(3)8-10-5-6-14-7-10/h5-7,9,11,14H,8H2,1-4H3. The number of amides is 1. The van der Waals surface area contributed by atoms with Gasteiger partial charge in [-0.25, -0.2) is 0 Å². The van der Waals surface area contributed by atoms with Gasteiger partial charge in [0.15, 0.2) is 0 Å². The summed E-state index contributed by atoms with van der Waals surface area (Å²) in [5, 5.41) is 0. The van der Waals surface area contributed by atoms with Crippen LogP contribution in [0.5, 0.6) is 0 Å². The number of hydrogen-bond acceptors (Lipinski definition) is 3. The summed E-state index contributed by atoms with van der Waals surface area (Å²) in [7, 11) is 2.99. The van der Waals surface area contributed by atoms with Crippen LogP contribution in [0.4, 0.5) is 0 Å². The Kier molecular flexibility index (Phi) is 4.95. The average molecular weight is 252 g/mol. The van der Waals surface area contributed by atoms with Crippen molar-refractivity contribution in [1.29, 1.82) is 0 Å². The second kappa shape index (κ2) is 6.23. The molecular weight excluding hydrogens is 232 g/mol. The molecule has 0 saturated carbocycles. The Morgan fingerprint density at radius 3 is 2.56 bits per heavy atom. The average Bonchev–Trinajstić information content (AvgIpc) is 2.81. The van der Waals surface area contributed by atoms with Crippen LogP contribution in [0, 0.1) is 11.8 Å². The quantitative estimate of drug-likeness (QED) is 0.636. The smallest absolute Gasteiger partial charge is 0.318 e. The fourth-order valence-electron chi connectivity index (χ4n) is 1.83. The normalized spacial score (nSPS) is 12.3. The molecule has 1 N–H and O–H groups in total. The van der Waals surface area contributed by atoms with Crippen LogP contribution in [-0.2, 0) is 20.9 Å². The Hall–Kier alpha value is -1.78. The van der Waals surface area contributed by atoms with Crippen LogP contribution >= 0.6 is 0 Å². The van der Waals surface area contributed by atoms with Crippen LogP contribution in [0.3, 0.4) is 0 Å². The molecule has 0 aromatic carbocycles. The van der Waals surface area contributed by atoms with E-state index in [9.17, 15) is 9.59 Å². The van der Waals surface area contributed by atoms with E-state index >= 15 is 0 Å². The number of carbonyl (C=O) groups is 2. The molecule has 0 fully saturated rings. The number of methoxy groups -OCH3 is 1. The molecule has 18 heavy (non-hydrogen) atoms. The van der Waals surface area contributed by atoms with Crippen molar-refractivity contribution < 1.29 is 14.3 Å². The van der Waals surface area contributed by atoms with Crippen LogP contribution < -0.4 is 0 Å². The Bertz CT molecular complexity index is 398. The molecule has 5 heteroatoms. The molecular formula is C13H20N2O3. The Morgan fingerprint density at radius 1 is 1.44 bits per heavy atom. The van der Waals surface area contributed by atoms with Gasteiger partial charge in [0.1, 0.15) is 5.92 Å². The lowest BCUT2D eigenvalue weighted by Gasteiger charge is -2.24. The van der Waals surface area contributed by atoms with Gasteiger partial charge in [-0.3, -0.25) is 9.59 Å². The topological polar surface area (TPSA) is 62.4 Å². The van der Waals surface area contributed by atoms with Gasteiger partial charge in [-0.15, -0.1) is 0 Å². The molecule has 1 aromatic rings.